The summed E-state index contributed by atoms with van der Waals surface area (Å²) in [4.78, 5) is 2.49. The number of rotatable bonds is 6. The van der Waals surface area contributed by atoms with Crippen molar-refractivity contribution in [3.8, 4) is 11.5 Å². The van der Waals surface area contributed by atoms with Crippen molar-refractivity contribution in [2.45, 2.75) is 25.7 Å². The Labute approximate surface area is 165 Å². The Morgan fingerprint density at radius 2 is 1.82 bits per heavy atom. The molecule has 0 spiro atoms. The van der Waals surface area contributed by atoms with Crippen LogP contribution >= 0.6 is 0 Å². The van der Waals surface area contributed by atoms with E-state index >= 15 is 0 Å². The van der Waals surface area contributed by atoms with Crippen molar-refractivity contribution in [2.24, 2.45) is 5.92 Å². The lowest BCUT2D eigenvalue weighted by molar-refractivity contribution is 0.295. The molecule has 3 nitrogen and oxygen atoms in total. The van der Waals surface area contributed by atoms with Crippen LogP contribution in [0, 0.1) is 11.7 Å². The molecule has 2 fully saturated rings. The van der Waals surface area contributed by atoms with Crippen molar-refractivity contribution in [3.05, 3.63) is 65.0 Å². The summed E-state index contributed by atoms with van der Waals surface area (Å²) in [5, 5.41) is 0. The Morgan fingerprint density at radius 3 is 2.57 bits per heavy atom. The maximum Gasteiger partial charge on any atom is 0.127 e. The molecule has 2 aliphatic heterocycles. The Bertz CT molecular complexity index is 880. The standard InChI is InChI=1S/C24H26FNO2/c25-20-7-5-18(6-8-20)24-19(14-26-11-1-2-12-26)16-28-23-10-9-21(13-22(23)24)27-15-17-3-4-17/h5-10,13,17H,1-4,11-12,14-16H2. The molecule has 1 aliphatic carbocycles. The first kappa shape index (κ1) is 17.7. The van der Waals surface area contributed by atoms with E-state index < -0.39 is 0 Å². The van der Waals surface area contributed by atoms with E-state index in [-0.39, 0.29) is 5.82 Å². The third-order valence-corrected chi connectivity index (χ3v) is 5.90. The minimum absolute atomic E-state index is 0.209. The van der Waals surface area contributed by atoms with Crippen LogP contribution in [0.4, 0.5) is 4.39 Å². The summed E-state index contributed by atoms with van der Waals surface area (Å²) in [6.07, 6.45) is 5.06. The quantitative estimate of drug-likeness (QED) is 0.712. The van der Waals surface area contributed by atoms with Crippen LogP contribution in [-0.2, 0) is 0 Å². The normalized spacial score (nSPS) is 19.5. The smallest absolute Gasteiger partial charge is 0.127 e. The summed E-state index contributed by atoms with van der Waals surface area (Å²) in [6.45, 7) is 4.54. The van der Waals surface area contributed by atoms with Gasteiger partial charge in [0.15, 0.2) is 0 Å². The summed E-state index contributed by atoms with van der Waals surface area (Å²) < 4.78 is 25.7. The number of halogens is 1. The van der Waals surface area contributed by atoms with E-state index in [1.54, 1.807) is 12.1 Å². The van der Waals surface area contributed by atoms with E-state index in [9.17, 15) is 4.39 Å². The van der Waals surface area contributed by atoms with Crippen LogP contribution in [-0.4, -0.2) is 37.7 Å². The van der Waals surface area contributed by atoms with Gasteiger partial charge in [-0.1, -0.05) is 12.1 Å². The monoisotopic (exact) mass is 379 g/mol. The number of likely N-dealkylation sites (tertiary alicyclic amines) is 1. The first-order valence-electron chi connectivity index (χ1n) is 10.4. The molecular weight excluding hydrogens is 353 g/mol. The molecule has 2 aromatic carbocycles. The van der Waals surface area contributed by atoms with Crippen LogP contribution in [0.25, 0.3) is 5.57 Å². The fraction of sp³-hybridized carbons (Fsp3) is 0.417. The molecular formula is C24H26FNO2. The molecule has 146 valence electrons. The Morgan fingerprint density at radius 1 is 1.04 bits per heavy atom. The maximum atomic E-state index is 13.6. The molecule has 0 amide bonds. The van der Waals surface area contributed by atoms with E-state index in [0.29, 0.717) is 12.5 Å². The number of fused-ring (bicyclic) bond motifs is 1. The first-order chi connectivity index (χ1) is 13.8. The molecule has 2 heterocycles. The molecule has 0 aromatic heterocycles. The molecule has 1 saturated carbocycles. The lowest BCUT2D eigenvalue weighted by Gasteiger charge is -2.28. The molecule has 4 heteroatoms. The second-order valence-corrected chi connectivity index (χ2v) is 8.17. The van der Waals surface area contributed by atoms with Crippen LogP contribution in [0.3, 0.4) is 0 Å². The van der Waals surface area contributed by atoms with Crippen molar-refractivity contribution in [2.75, 3.05) is 32.8 Å². The van der Waals surface area contributed by atoms with Gasteiger partial charge in [-0.2, -0.15) is 0 Å². The van der Waals surface area contributed by atoms with Crippen molar-refractivity contribution >= 4 is 5.57 Å². The van der Waals surface area contributed by atoms with Crippen LogP contribution in [0.2, 0.25) is 0 Å². The van der Waals surface area contributed by atoms with Gasteiger partial charge in [-0.25, -0.2) is 4.39 Å². The van der Waals surface area contributed by atoms with Gasteiger partial charge in [-0.15, -0.1) is 0 Å². The van der Waals surface area contributed by atoms with Gasteiger partial charge in [0.05, 0.1) is 6.61 Å². The Kier molecular flexibility index (Phi) is 4.81. The van der Waals surface area contributed by atoms with Crippen molar-refractivity contribution in [1.82, 2.24) is 4.90 Å². The molecule has 0 N–H and O–H groups in total. The number of nitrogens with zero attached hydrogens (tertiary/aromatic N) is 1. The topological polar surface area (TPSA) is 21.7 Å². The number of hydrogen-bond donors (Lipinski definition) is 0. The van der Waals surface area contributed by atoms with Crippen molar-refractivity contribution < 1.29 is 13.9 Å². The summed E-state index contributed by atoms with van der Waals surface area (Å²) in [5.41, 5.74) is 4.53. The second kappa shape index (κ2) is 7.59. The summed E-state index contributed by atoms with van der Waals surface area (Å²) in [5.74, 6) is 2.27. The molecule has 1 saturated heterocycles. The molecule has 0 unspecified atom stereocenters. The number of hydrogen-bond acceptors (Lipinski definition) is 3. The highest BCUT2D eigenvalue weighted by molar-refractivity contribution is 5.87. The van der Waals surface area contributed by atoms with Crippen molar-refractivity contribution in [1.29, 1.82) is 0 Å². The maximum absolute atomic E-state index is 13.6. The molecule has 0 radical (unpaired) electrons. The van der Waals surface area contributed by atoms with Gasteiger partial charge >= 0.3 is 0 Å². The summed E-state index contributed by atoms with van der Waals surface area (Å²) >= 11 is 0. The van der Waals surface area contributed by atoms with Gasteiger partial charge in [0.1, 0.15) is 23.9 Å². The van der Waals surface area contributed by atoms with E-state index in [4.69, 9.17) is 9.47 Å². The van der Waals surface area contributed by atoms with E-state index in [0.717, 1.165) is 48.9 Å². The zero-order valence-corrected chi connectivity index (χ0v) is 16.1. The predicted octanol–water partition coefficient (Wildman–Crippen LogP) is 4.90. The molecule has 2 aromatic rings. The summed E-state index contributed by atoms with van der Waals surface area (Å²) in [7, 11) is 0. The highest BCUT2D eigenvalue weighted by Crippen LogP contribution is 2.40. The number of ether oxygens (including phenoxy) is 2. The SMILES string of the molecule is Fc1ccc(C2=C(CN3CCCC3)COc3ccc(OCC4CC4)cc32)cc1. The van der Waals surface area contributed by atoms with Gasteiger partial charge in [-0.3, -0.25) is 4.90 Å². The fourth-order valence-corrected chi connectivity index (χ4v) is 4.16. The lowest BCUT2D eigenvalue weighted by Crippen LogP contribution is -2.26. The third-order valence-electron chi connectivity index (χ3n) is 5.90. The first-order valence-corrected chi connectivity index (χ1v) is 10.4. The average molecular weight is 379 g/mol. The molecule has 0 bridgehead atoms. The van der Waals surface area contributed by atoms with Gasteiger partial charge in [-0.05, 0) is 91.7 Å². The van der Waals surface area contributed by atoms with Gasteiger partial charge in [0, 0.05) is 12.1 Å². The molecule has 0 atom stereocenters. The number of benzene rings is 2. The van der Waals surface area contributed by atoms with Crippen LogP contribution < -0.4 is 9.47 Å². The zero-order chi connectivity index (χ0) is 18.9. The summed E-state index contributed by atoms with van der Waals surface area (Å²) in [6, 6.07) is 12.9. The molecule has 28 heavy (non-hydrogen) atoms. The van der Waals surface area contributed by atoms with Crippen molar-refractivity contribution in [3.63, 3.8) is 0 Å². The van der Waals surface area contributed by atoms with E-state index in [1.807, 2.05) is 24.3 Å². The largest absolute Gasteiger partial charge is 0.493 e. The zero-order valence-electron chi connectivity index (χ0n) is 16.1. The van der Waals surface area contributed by atoms with Crippen LogP contribution in [0.15, 0.2) is 48.0 Å². The molecule has 5 rings (SSSR count). The Balaban J connectivity index is 1.53. The minimum Gasteiger partial charge on any atom is -0.493 e. The highest BCUT2D eigenvalue weighted by atomic mass is 19.1. The van der Waals surface area contributed by atoms with Gasteiger partial charge < -0.3 is 9.47 Å². The van der Waals surface area contributed by atoms with E-state index in [1.165, 1.54) is 36.8 Å². The highest BCUT2D eigenvalue weighted by Gasteiger charge is 2.26. The predicted molar refractivity (Wildman–Crippen MR) is 108 cm³/mol. The van der Waals surface area contributed by atoms with Gasteiger partial charge in [0.25, 0.3) is 0 Å². The van der Waals surface area contributed by atoms with Crippen LogP contribution in [0.5, 0.6) is 11.5 Å². The molecule has 3 aliphatic rings. The Hall–Kier alpha value is -2.33. The third kappa shape index (κ3) is 3.79. The lowest BCUT2D eigenvalue weighted by atomic mass is 9.90. The van der Waals surface area contributed by atoms with Crippen LogP contribution in [0.1, 0.15) is 36.8 Å². The minimum atomic E-state index is -0.209. The van der Waals surface area contributed by atoms with Gasteiger partial charge in [0.2, 0.25) is 0 Å². The van der Waals surface area contributed by atoms with E-state index in [2.05, 4.69) is 11.0 Å². The second-order valence-electron chi connectivity index (χ2n) is 8.17. The average Bonchev–Trinajstić information content (AvgIpc) is 3.41. The fourth-order valence-electron chi connectivity index (χ4n) is 4.16.